The molecule has 0 atom stereocenters. The molecule has 1 fully saturated rings. The molecule has 1 N–H and O–H groups in total. The van der Waals surface area contributed by atoms with Crippen molar-refractivity contribution in [1.82, 2.24) is 10.2 Å². The first-order valence-corrected chi connectivity index (χ1v) is 9.16. The molecule has 1 aromatic carbocycles. The fourth-order valence-corrected chi connectivity index (χ4v) is 3.14. The molecule has 134 valence electrons. The summed E-state index contributed by atoms with van der Waals surface area (Å²) in [7, 11) is 0. The molecule has 1 aliphatic rings. The Bertz CT molecular complexity index is 599. The Labute approximate surface area is 155 Å². The van der Waals surface area contributed by atoms with Crippen LogP contribution in [0.25, 0.3) is 0 Å². The number of ether oxygens (including phenoxy) is 1. The molecule has 1 saturated heterocycles. The van der Waals surface area contributed by atoms with E-state index in [0.29, 0.717) is 21.6 Å². The minimum atomic E-state index is -0.497. The summed E-state index contributed by atoms with van der Waals surface area (Å²) in [5.41, 5.74) is 0.0881. The van der Waals surface area contributed by atoms with Crippen molar-refractivity contribution in [3.05, 3.63) is 33.0 Å². The summed E-state index contributed by atoms with van der Waals surface area (Å²) >= 11 is 9.26. The maximum absolute atomic E-state index is 14.0. The molecule has 0 bridgehead atoms. The van der Waals surface area contributed by atoms with E-state index in [2.05, 4.69) is 26.1 Å². The molecule has 0 spiro atoms. The molecule has 1 aliphatic heterocycles. The number of rotatable bonds is 3. The number of benzene rings is 1. The topological polar surface area (TPSA) is 41.6 Å². The maximum Gasteiger partial charge on any atom is 0.407 e. The fraction of sp³-hybridized carbons (Fsp3) is 0.588. The first-order chi connectivity index (χ1) is 11.1. The summed E-state index contributed by atoms with van der Waals surface area (Å²) in [6.07, 6.45) is 1.24. The Kier molecular flexibility index (Phi) is 6.51. The monoisotopic (exact) mass is 420 g/mol. The molecular weight excluding hydrogens is 399 g/mol. The molecule has 1 aromatic rings. The zero-order valence-electron chi connectivity index (χ0n) is 14.2. The van der Waals surface area contributed by atoms with Gasteiger partial charge >= 0.3 is 6.09 Å². The number of carbonyl (C=O) groups is 1. The van der Waals surface area contributed by atoms with E-state index in [4.69, 9.17) is 16.3 Å². The number of nitrogens with one attached hydrogen (secondary N) is 1. The maximum atomic E-state index is 14.0. The van der Waals surface area contributed by atoms with E-state index >= 15 is 0 Å². The quantitative estimate of drug-likeness (QED) is 0.717. The van der Waals surface area contributed by atoms with Crippen molar-refractivity contribution < 1.29 is 13.9 Å². The average Bonchev–Trinajstić information content (AvgIpc) is 2.44. The Hall–Kier alpha value is -0.850. The lowest BCUT2D eigenvalue weighted by atomic mass is 10.0. The molecule has 2 rings (SSSR count). The molecule has 0 radical (unpaired) electrons. The first-order valence-electron chi connectivity index (χ1n) is 7.99. The Morgan fingerprint density at radius 2 is 2.04 bits per heavy atom. The average molecular weight is 422 g/mol. The highest BCUT2D eigenvalue weighted by molar-refractivity contribution is 9.10. The SMILES string of the molecule is CC(C)(C)OC(=O)NC1CCN(Cc2cc(Cl)c(Br)cc2F)CC1. The fourth-order valence-electron chi connectivity index (χ4n) is 2.64. The minimum absolute atomic E-state index is 0.0921. The molecule has 0 unspecified atom stereocenters. The van der Waals surface area contributed by atoms with Crippen molar-refractivity contribution in [3.63, 3.8) is 0 Å². The molecule has 1 heterocycles. The van der Waals surface area contributed by atoms with Crippen LogP contribution in [0.2, 0.25) is 5.02 Å². The van der Waals surface area contributed by atoms with Crippen LogP contribution in [0.5, 0.6) is 0 Å². The molecule has 0 aliphatic carbocycles. The van der Waals surface area contributed by atoms with Gasteiger partial charge in [-0.1, -0.05) is 11.6 Å². The lowest BCUT2D eigenvalue weighted by molar-refractivity contribution is 0.0477. The van der Waals surface area contributed by atoms with Crippen LogP contribution in [0.15, 0.2) is 16.6 Å². The number of halogens is 3. The van der Waals surface area contributed by atoms with Gasteiger partial charge in [-0.2, -0.15) is 0 Å². The van der Waals surface area contributed by atoms with Crippen molar-refractivity contribution in [1.29, 1.82) is 0 Å². The van der Waals surface area contributed by atoms with Crippen molar-refractivity contribution >= 4 is 33.6 Å². The number of nitrogens with zero attached hydrogens (tertiary/aromatic N) is 1. The van der Waals surface area contributed by atoms with E-state index < -0.39 is 5.60 Å². The largest absolute Gasteiger partial charge is 0.444 e. The second-order valence-electron chi connectivity index (χ2n) is 7.05. The second kappa shape index (κ2) is 8.02. The van der Waals surface area contributed by atoms with Crippen molar-refractivity contribution in [2.45, 2.75) is 51.8 Å². The van der Waals surface area contributed by atoms with Crippen LogP contribution in [0.4, 0.5) is 9.18 Å². The first kappa shape index (κ1) is 19.5. The highest BCUT2D eigenvalue weighted by Gasteiger charge is 2.24. The van der Waals surface area contributed by atoms with Gasteiger partial charge in [-0.15, -0.1) is 0 Å². The van der Waals surface area contributed by atoms with Crippen molar-refractivity contribution in [2.75, 3.05) is 13.1 Å². The van der Waals surface area contributed by atoms with Crippen LogP contribution in [0.3, 0.4) is 0 Å². The number of piperidine rings is 1. The third-order valence-electron chi connectivity index (χ3n) is 3.79. The third-order valence-corrected chi connectivity index (χ3v) is 4.99. The van der Waals surface area contributed by atoms with E-state index in [0.717, 1.165) is 25.9 Å². The van der Waals surface area contributed by atoms with E-state index in [-0.39, 0.29) is 18.0 Å². The van der Waals surface area contributed by atoms with E-state index in [1.807, 2.05) is 20.8 Å². The summed E-state index contributed by atoms with van der Waals surface area (Å²) in [6.45, 7) is 7.60. The van der Waals surface area contributed by atoms with Gasteiger partial charge < -0.3 is 10.1 Å². The highest BCUT2D eigenvalue weighted by Crippen LogP contribution is 2.27. The predicted molar refractivity (Wildman–Crippen MR) is 96.8 cm³/mol. The standard InChI is InChI=1S/C17H23BrClFN2O2/c1-17(2,3)24-16(23)21-12-4-6-22(7-5-12)10-11-8-14(19)13(18)9-15(11)20/h8-9,12H,4-7,10H2,1-3H3,(H,21,23). The molecule has 24 heavy (non-hydrogen) atoms. The van der Waals surface area contributed by atoms with Crippen molar-refractivity contribution in [3.8, 4) is 0 Å². The van der Waals surface area contributed by atoms with E-state index in [1.54, 1.807) is 6.07 Å². The summed E-state index contributed by atoms with van der Waals surface area (Å²) in [6, 6.07) is 3.15. The van der Waals surface area contributed by atoms with Gasteiger partial charge in [0.1, 0.15) is 11.4 Å². The van der Waals surface area contributed by atoms with Crippen LogP contribution in [-0.2, 0) is 11.3 Å². The summed E-state index contributed by atoms with van der Waals surface area (Å²) in [5, 5.41) is 3.41. The van der Waals surface area contributed by atoms with Gasteiger partial charge in [0.25, 0.3) is 0 Å². The van der Waals surface area contributed by atoms with Crippen LogP contribution in [-0.4, -0.2) is 35.7 Å². The zero-order chi connectivity index (χ0) is 17.9. The number of amides is 1. The minimum Gasteiger partial charge on any atom is -0.444 e. The number of alkyl carbamates (subject to hydrolysis) is 1. The van der Waals surface area contributed by atoms with Gasteiger partial charge in [-0.3, -0.25) is 4.90 Å². The normalized spacial score (nSPS) is 16.9. The summed E-state index contributed by atoms with van der Waals surface area (Å²) in [4.78, 5) is 14.0. The second-order valence-corrected chi connectivity index (χ2v) is 8.32. The third kappa shape index (κ3) is 5.90. The Morgan fingerprint density at radius 1 is 1.42 bits per heavy atom. The lowest BCUT2D eigenvalue weighted by Gasteiger charge is -2.33. The van der Waals surface area contributed by atoms with Crippen LogP contribution >= 0.6 is 27.5 Å². The predicted octanol–water partition coefficient (Wildman–Crippen LogP) is 4.73. The van der Waals surface area contributed by atoms with Gasteiger partial charge in [0.2, 0.25) is 0 Å². The van der Waals surface area contributed by atoms with Gasteiger partial charge in [-0.25, -0.2) is 9.18 Å². The molecule has 1 amide bonds. The zero-order valence-corrected chi connectivity index (χ0v) is 16.5. The molecular formula is C17H23BrClFN2O2. The number of carbonyl (C=O) groups excluding carboxylic acids is 1. The Morgan fingerprint density at radius 3 is 2.62 bits per heavy atom. The Balaban J connectivity index is 1.83. The molecule has 0 saturated carbocycles. The van der Waals surface area contributed by atoms with Crippen LogP contribution in [0.1, 0.15) is 39.2 Å². The van der Waals surface area contributed by atoms with E-state index in [1.165, 1.54) is 6.07 Å². The van der Waals surface area contributed by atoms with Gasteiger partial charge in [0, 0.05) is 35.7 Å². The summed E-state index contributed by atoms with van der Waals surface area (Å²) in [5.74, 6) is -0.264. The van der Waals surface area contributed by atoms with Gasteiger partial charge in [0.05, 0.1) is 5.02 Å². The molecule has 4 nitrogen and oxygen atoms in total. The van der Waals surface area contributed by atoms with Crippen LogP contribution in [0, 0.1) is 5.82 Å². The smallest absolute Gasteiger partial charge is 0.407 e. The highest BCUT2D eigenvalue weighted by atomic mass is 79.9. The molecule has 0 aromatic heterocycles. The summed E-state index contributed by atoms with van der Waals surface area (Å²) < 4.78 is 19.8. The number of likely N-dealkylation sites (tertiary alicyclic amines) is 1. The number of hydrogen-bond acceptors (Lipinski definition) is 3. The van der Waals surface area contributed by atoms with E-state index in [9.17, 15) is 9.18 Å². The van der Waals surface area contributed by atoms with Crippen LogP contribution < -0.4 is 5.32 Å². The lowest BCUT2D eigenvalue weighted by Crippen LogP contribution is -2.45. The molecule has 7 heteroatoms. The number of hydrogen-bond donors (Lipinski definition) is 1. The van der Waals surface area contributed by atoms with Gasteiger partial charge in [0.15, 0.2) is 0 Å². The van der Waals surface area contributed by atoms with Gasteiger partial charge in [-0.05, 0) is 61.7 Å². The van der Waals surface area contributed by atoms with Crippen molar-refractivity contribution in [2.24, 2.45) is 0 Å².